The van der Waals surface area contributed by atoms with E-state index in [0.29, 0.717) is 5.75 Å². The van der Waals surface area contributed by atoms with E-state index >= 15 is 0 Å². The van der Waals surface area contributed by atoms with Crippen LogP contribution in [-0.4, -0.2) is 11.1 Å². The largest absolute Gasteiger partial charge is 1.00 e. The summed E-state index contributed by atoms with van der Waals surface area (Å²) >= 11 is 0. The molecule has 2 aromatic carbocycles. The first-order valence-electron chi connectivity index (χ1n) is 5.72. The minimum Gasteiger partial charge on any atom is -1.00 e. The van der Waals surface area contributed by atoms with E-state index in [4.69, 9.17) is 9.84 Å². The Balaban J connectivity index is 0.00000180. The van der Waals surface area contributed by atoms with E-state index in [1.807, 2.05) is 36.4 Å². The summed E-state index contributed by atoms with van der Waals surface area (Å²) in [6.45, 7) is 1.66. The zero-order valence-corrected chi connectivity index (χ0v) is 13.0. The van der Waals surface area contributed by atoms with Crippen molar-refractivity contribution in [2.75, 3.05) is 0 Å². The summed E-state index contributed by atoms with van der Waals surface area (Å²) in [6.07, 6.45) is 0. The second-order valence-electron chi connectivity index (χ2n) is 4.05. The number of benzene rings is 2. The van der Waals surface area contributed by atoms with Crippen LogP contribution in [0.25, 0.3) is 0 Å². The molecule has 94 valence electrons. The maximum Gasteiger partial charge on any atom is 1.00 e. The smallest absolute Gasteiger partial charge is 1.00 e. The minimum absolute atomic E-state index is 0. The molecule has 2 rings (SSSR count). The Bertz CT molecular complexity index is 546. The first-order chi connectivity index (χ1) is 8.66. The molecule has 0 bridgehead atoms. The molecule has 0 amide bonds. The Hall–Kier alpha value is -1.29. The summed E-state index contributed by atoms with van der Waals surface area (Å²) in [5, 5.41) is 8.98. The predicted octanol–water partition coefficient (Wildman–Crippen LogP) is 0.783. The van der Waals surface area contributed by atoms with Crippen LogP contribution in [0, 0.1) is 0 Å². The molecule has 0 fully saturated rings. The number of aliphatic carboxylic acids is 1. The number of hydrogen-bond acceptors (Lipinski definition) is 2. The Morgan fingerprint density at radius 1 is 1.11 bits per heavy atom. The van der Waals surface area contributed by atoms with Crippen molar-refractivity contribution in [2.24, 2.45) is 0 Å². The molecule has 0 aliphatic heterocycles. The number of ether oxygens (including phenoxy) is 1. The van der Waals surface area contributed by atoms with Gasteiger partial charge < -0.3 is 11.3 Å². The molecule has 1 N–H and O–H groups in total. The molecule has 1 atom stereocenters. The van der Waals surface area contributed by atoms with E-state index in [9.17, 15) is 4.79 Å². The number of para-hydroxylation sites is 1. The van der Waals surface area contributed by atoms with Gasteiger partial charge in [-0.25, -0.2) is 0 Å². The number of carboxylic acids is 1. The summed E-state index contributed by atoms with van der Waals surface area (Å²) in [5.74, 6) is 0.000567. The molecule has 0 saturated carbocycles. The van der Waals surface area contributed by atoms with Gasteiger partial charge in [0.15, 0.2) is 0 Å². The molecule has 0 aromatic heterocycles. The van der Waals surface area contributed by atoms with Crippen LogP contribution in [0.5, 0.6) is 11.5 Å². The van der Waals surface area contributed by atoms with Crippen molar-refractivity contribution in [3.05, 3.63) is 60.2 Å². The van der Waals surface area contributed by atoms with Crippen LogP contribution >= 0.6 is 0 Å². The monoisotopic (exact) mass is 266 g/mol. The first-order valence-corrected chi connectivity index (χ1v) is 5.72. The fourth-order valence-electron chi connectivity index (χ4n) is 1.61. The topological polar surface area (TPSA) is 46.5 Å². The van der Waals surface area contributed by atoms with Gasteiger partial charge >= 0.3 is 35.5 Å². The van der Waals surface area contributed by atoms with Crippen molar-refractivity contribution in [1.82, 2.24) is 0 Å². The maximum absolute atomic E-state index is 10.9. The third-order valence-electron chi connectivity index (χ3n) is 2.71. The van der Waals surface area contributed by atoms with Crippen LogP contribution in [0.3, 0.4) is 0 Å². The number of carbonyl (C=O) groups is 1. The predicted molar refractivity (Wildman–Crippen MR) is 70.1 cm³/mol. The number of hydrogen-bond donors (Lipinski definition) is 1. The van der Waals surface area contributed by atoms with Crippen molar-refractivity contribution >= 4 is 5.97 Å². The Morgan fingerprint density at radius 2 is 1.74 bits per heavy atom. The van der Waals surface area contributed by atoms with E-state index in [1.54, 1.807) is 25.1 Å². The summed E-state index contributed by atoms with van der Waals surface area (Å²) in [7, 11) is 0. The SMILES string of the molecule is CC(C(=O)O)c1cccc(Oc2ccccc2)c1.[H-].[Na+]. The van der Waals surface area contributed by atoms with Crippen molar-refractivity contribution in [2.45, 2.75) is 12.8 Å². The molecule has 4 heteroatoms. The van der Waals surface area contributed by atoms with Gasteiger partial charge in [-0.1, -0.05) is 30.3 Å². The average molecular weight is 266 g/mol. The van der Waals surface area contributed by atoms with Gasteiger partial charge in [-0.3, -0.25) is 4.79 Å². The summed E-state index contributed by atoms with van der Waals surface area (Å²) in [4.78, 5) is 10.9. The quantitative estimate of drug-likeness (QED) is 0.832. The summed E-state index contributed by atoms with van der Waals surface area (Å²) < 4.78 is 5.66. The molecule has 1 unspecified atom stereocenters. The van der Waals surface area contributed by atoms with E-state index in [2.05, 4.69) is 0 Å². The standard InChI is InChI=1S/C15H14O3.Na.H/c1-11(15(16)17)12-6-5-9-14(10-12)18-13-7-3-2-4-8-13;;/h2-11H,1H3,(H,16,17);;/q;+1;-1. The van der Waals surface area contributed by atoms with Crippen LogP contribution in [-0.2, 0) is 4.79 Å². The van der Waals surface area contributed by atoms with Crippen molar-refractivity contribution < 1.29 is 45.6 Å². The molecule has 0 aliphatic carbocycles. The molecule has 19 heavy (non-hydrogen) atoms. The van der Waals surface area contributed by atoms with Gasteiger partial charge in [0, 0.05) is 0 Å². The molecule has 0 radical (unpaired) electrons. The van der Waals surface area contributed by atoms with Crippen molar-refractivity contribution in [3.8, 4) is 11.5 Å². The van der Waals surface area contributed by atoms with Gasteiger partial charge in [0.25, 0.3) is 0 Å². The fraction of sp³-hybridized carbons (Fsp3) is 0.133. The summed E-state index contributed by atoms with van der Waals surface area (Å²) in [6, 6.07) is 16.6. The molecular weight excluding hydrogens is 251 g/mol. The van der Waals surface area contributed by atoms with Gasteiger partial charge in [-0.2, -0.15) is 0 Å². The second-order valence-corrected chi connectivity index (χ2v) is 4.05. The van der Waals surface area contributed by atoms with Gasteiger partial charge in [0.05, 0.1) is 5.92 Å². The molecule has 2 aromatic rings. The van der Waals surface area contributed by atoms with E-state index < -0.39 is 11.9 Å². The van der Waals surface area contributed by atoms with Gasteiger partial charge in [0.1, 0.15) is 11.5 Å². The van der Waals surface area contributed by atoms with Gasteiger partial charge in [-0.15, -0.1) is 0 Å². The van der Waals surface area contributed by atoms with Crippen LogP contribution in [0.2, 0.25) is 0 Å². The average Bonchev–Trinajstić information content (AvgIpc) is 2.39. The van der Waals surface area contributed by atoms with Crippen LogP contribution in [0.15, 0.2) is 54.6 Å². The third-order valence-corrected chi connectivity index (χ3v) is 2.71. The zero-order valence-electron chi connectivity index (χ0n) is 12.0. The van der Waals surface area contributed by atoms with Crippen molar-refractivity contribution in [3.63, 3.8) is 0 Å². The fourth-order valence-corrected chi connectivity index (χ4v) is 1.61. The normalized spacial score (nSPS) is 11.2. The third kappa shape index (κ3) is 4.39. The van der Waals surface area contributed by atoms with Crippen molar-refractivity contribution in [1.29, 1.82) is 0 Å². The van der Waals surface area contributed by atoms with Gasteiger partial charge in [-0.05, 0) is 36.8 Å². The Morgan fingerprint density at radius 3 is 2.37 bits per heavy atom. The minimum atomic E-state index is -0.841. The Labute approximate surface area is 136 Å². The molecule has 0 heterocycles. The molecule has 0 spiro atoms. The Kier molecular flexibility index (Phi) is 6.09. The summed E-state index contributed by atoms with van der Waals surface area (Å²) in [5.41, 5.74) is 0.732. The maximum atomic E-state index is 10.9. The van der Waals surface area contributed by atoms with E-state index in [-0.39, 0.29) is 31.0 Å². The molecule has 3 nitrogen and oxygen atoms in total. The first kappa shape index (κ1) is 15.8. The number of rotatable bonds is 4. The number of carboxylic acid groups (broad SMARTS) is 1. The van der Waals surface area contributed by atoms with Crippen LogP contribution < -0.4 is 34.3 Å². The zero-order chi connectivity index (χ0) is 13.0. The second kappa shape index (κ2) is 7.34. The van der Waals surface area contributed by atoms with Gasteiger partial charge in [0.2, 0.25) is 0 Å². The van der Waals surface area contributed by atoms with Crippen LogP contribution in [0.1, 0.15) is 19.8 Å². The van der Waals surface area contributed by atoms with Crippen LogP contribution in [0.4, 0.5) is 0 Å². The van der Waals surface area contributed by atoms with E-state index in [0.717, 1.165) is 11.3 Å². The molecule has 0 saturated heterocycles. The molecular formula is C15H15NaO3. The molecule has 0 aliphatic rings. The van der Waals surface area contributed by atoms with E-state index in [1.165, 1.54) is 0 Å².